The quantitative estimate of drug-likeness (QED) is 0.608. The summed E-state index contributed by atoms with van der Waals surface area (Å²) in [4.78, 5) is 0. The number of nitrogens with two attached hydrogens (primary N) is 2. The molecule has 0 saturated carbocycles. The maximum Gasteiger partial charge on any atom is 0.240 e. The molecule has 1 aromatic heterocycles. The molecule has 2 rings (SSSR count). The Balaban J connectivity index is 2.36. The van der Waals surface area contributed by atoms with Gasteiger partial charge in [-0.2, -0.15) is 0 Å². The molecular weight excluding hydrogens is 192 g/mol. The number of hydrogen-bond acceptors (Lipinski definition) is 5. The Labute approximate surface area is 89.0 Å². The summed E-state index contributed by atoms with van der Waals surface area (Å²) >= 11 is 0. The molecule has 0 amide bonds. The average molecular weight is 210 g/mol. The summed E-state index contributed by atoms with van der Waals surface area (Å²) in [5.74, 6) is 6.86. The summed E-state index contributed by atoms with van der Waals surface area (Å²) in [6.07, 6.45) is 4.30. The van der Waals surface area contributed by atoms with Gasteiger partial charge >= 0.3 is 0 Å². The molecule has 1 aromatic rings. The molecule has 1 unspecified atom stereocenters. The highest BCUT2D eigenvalue weighted by atomic mass is 15.5. The normalized spacial score (nSPS) is 25.9. The highest BCUT2D eigenvalue weighted by molar-refractivity contribution is 5.22. The molecule has 1 aliphatic heterocycles. The molecule has 2 heterocycles. The van der Waals surface area contributed by atoms with E-state index in [0.717, 1.165) is 38.1 Å². The van der Waals surface area contributed by atoms with Crippen LogP contribution in [0.25, 0.3) is 0 Å². The fourth-order valence-electron chi connectivity index (χ4n) is 2.38. The molecule has 1 fully saturated rings. The molecule has 0 radical (unpaired) electrons. The van der Waals surface area contributed by atoms with Crippen molar-refractivity contribution in [2.75, 3.05) is 18.1 Å². The molecule has 1 aliphatic rings. The van der Waals surface area contributed by atoms with Crippen molar-refractivity contribution in [1.82, 2.24) is 20.2 Å². The van der Waals surface area contributed by atoms with Gasteiger partial charge in [0.05, 0.1) is 5.54 Å². The van der Waals surface area contributed by atoms with Gasteiger partial charge in [-0.15, -0.1) is 10.2 Å². The lowest BCUT2D eigenvalue weighted by Gasteiger charge is -2.27. The highest BCUT2D eigenvalue weighted by Gasteiger charge is 2.39. The maximum absolute atomic E-state index is 5.82. The van der Waals surface area contributed by atoms with Crippen LogP contribution in [0.5, 0.6) is 0 Å². The van der Waals surface area contributed by atoms with E-state index in [2.05, 4.69) is 22.4 Å². The lowest BCUT2D eigenvalue weighted by molar-refractivity contribution is 0.327. The summed E-state index contributed by atoms with van der Waals surface area (Å²) in [7, 11) is 0. The summed E-state index contributed by atoms with van der Waals surface area (Å²) in [6, 6.07) is 0. The van der Waals surface area contributed by atoms with E-state index in [1.807, 2.05) is 0 Å². The summed E-state index contributed by atoms with van der Waals surface area (Å²) in [5.41, 5.74) is 5.48. The lowest BCUT2D eigenvalue weighted by Crippen LogP contribution is -2.40. The van der Waals surface area contributed by atoms with Crippen molar-refractivity contribution in [3.8, 4) is 0 Å². The van der Waals surface area contributed by atoms with Crippen molar-refractivity contribution in [2.24, 2.45) is 0 Å². The van der Waals surface area contributed by atoms with Crippen LogP contribution in [-0.2, 0) is 5.54 Å². The van der Waals surface area contributed by atoms with Gasteiger partial charge < -0.3 is 16.9 Å². The van der Waals surface area contributed by atoms with Gasteiger partial charge in [-0.05, 0) is 25.8 Å². The smallest absolute Gasteiger partial charge is 0.240 e. The lowest BCUT2D eigenvalue weighted by atomic mass is 9.91. The SMILES string of the molecule is CCCC1(c2nnc(N)n2N)CCCN1. The topological polar surface area (TPSA) is 94.8 Å². The van der Waals surface area contributed by atoms with E-state index < -0.39 is 0 Å². The number of anilines is 1. The van der Waals surface area contributed by atoms with Crippen molar-refractivity contribution in [3.63, 3.8) is 0 Å². The highest BCUT2D eigenvalue weighted by Crippen LogP contribution is 2.33. The van der Waals surface area contributed by atoms with Crippen molar-refractivity contribution < 1.29 is 0 Å². The van der Waals surface area contributed by atoms with E-state index in [1.165, 1.54) is 4.68 Å². The molecule has 1 saturated heterocycles. The van der Waals surface area contributed by atoms with Crippen molar-refractivity contribution in [2.45, 2.75) is 38.1 Å². The van der Waals surface area contributed by atoms with Crippen molar-refractivity contribution >= 4 is 5.95 Å². The van der Waals surface area contributed by atoms with E-state index in [-0.39, 0.29) is 11.5 Å². The summed E-state index contributed by atoms with van der Waals surface area (Å²) in [5, 5.41) is 11.4. The molecule has 15 heavy (non-hydrogen) atoms. The summed E-state index contributed by atoms with van der Waals surface area (Å²) < 4.78 is 1.40. The van der Waals surface area contributed by atoms with E-state index in [1.54, 1.807) is 0 Å². The Hall–Kier alpha value is -1.30. The standard InChI is InChI=1S/C9H18N6/c1-2-4-9(5-3-6-12-9)7-13-14-8(10)15(7)11/h12H,2-6,11H2,1H3,(H2,10,14). The Bertz CT molecular complexity index is 338. The second kappa shape index (κ2) is 3.69. The first-order chi connectivity index (χ1) is 7.19. The van der Waals surface area contributed by atoms with Gasteiger partial charge in [-0.25, -0.2) is 4.68 Å². The van der Waals surface area contributed by atoms with E-state index in [4.69, 9.17) is 11.6 Å². The third kappa shape index (κ3) is 1.54. The Kier molecular flexibility index (Phi) is 2.52. The molecular formula is C9H18N6. The fraction of sp³-hybridized carbons (Fsp3) is 0.778. The predicted molar refractivity (Wildman–Crippen MR) is 58.4 cm³/mol. The Morgan fingerprint density at radius 3 is 2.80 bits per heavy atom. The molecule has 6 nitrogen and oxygen atoms in total. The van der Waals surface area contributed by atoms with Crippen molar-refractivity contribution in [1.29, 1.82) is 0 Å². The molecule has 0 aliphatic carbocycles. The average Bonchev–Trinajstić information content (AvgIpc) is 2.78. The molecule has 84 valence electrons. The first-order valence-electron chi connectivity index (χ1n) is 5.41. The zero-order valence-corrected chi connectivity index (χ0v) is 9.03. The van der Waals surface area contributed by atoms with E-state index in [9.17, 15) is 0 Å². The minimum Gasteiger partial charge on any atom is -0.366 e. The van der Waals surface area contributed by atoms with Crippen LogP contribution in [0.15, 0.2) is 0 Å². The number of nitrogens with zero attached hydrogens (tertiary/aromatic N) is 3. The van der Waals surface area contributed by atoms with Crippen molar-refractivity contribution in [3.05, 3.63) is 5.82 Å². The third-order valence-corrected chi connectivity index (χ3v) is 3.07. The molecule has 5 N–H and O–H groups in total. The Morgan fingerprint density at radius 2 is 2.33 bits per heavy atom. The summed E-state index contributed by atoms with van der Waals surface area (Å²) in [6.45, 7) is 3.16. The zero-order chi connectivity index (χ0) is 10.9. The molecule has 0 aromatic carbocycles. The number of rotatable bonds is 3. The van der Waals surface area contributed by atoms with Crippen LogP contribution in [0.1, 0.15) is 38.4 Å². The molecule has 6 heteroatoms. The number of aromatic nitrogens is 3. The van der Waals surface area contributed by atoms with Crippen LogP contribution >= 0.6 is 0 Å². The minimum absolute atomic E-state index is 0.117. The van der Waals surface area contributed by atoms with Crippen LogP contribution in [0, 0.1) is 0 Å². The largest absolute Gasteiger partial charge is 0.366 e. The van der Waals surface area contributed by atoms with Gasteiger partial charge in [-0.1, -0.05) is 13.3 Å². The van der Waals surface area contributed by atoms with E-state index >= 15 is 0 Å². The minimum atomic E-state index is -0.117. The number of hydrogen-bond donors (Lipinski definition) is 3. The van der Waals surface area contributed by atoms with Gasteiger partial charge in [-0.3, -0.25) is 0 Å². The van der Waals surface area contributed by atoms with Crippen LogP contribution < -0.4 is 16.9 Å². The number of nitrogen functional groups attached to an aromatic ring is 2. The maximum atomic E-state index is 5.82. The van der Waals surface area contributed by atoms with Gasteiger partial charge in [0, 0.05) is 0 Å². The monoisotopic (exact) mass is 210 g/mol. The third-order valence-electron chi connectivity index (χ3n) is 3.07. The zero-order valence-electron chi connectivity index (χ0n) is 9.03. The first-order valence-corrected chi connectivity index (χ1v) is 5.41. The van der Waals surface area contributed by atoms with Gasteiger partial charge in [0.2, 0.25) is 5.95 Å². The molecule has 1 atom stereocenters. The fourth-order valence-corrected chi connectivity index (χ4v) is 2.38. The van der Waals surface area contributed by atoms with Crippen LogP contribution in [0.2, 0.25) is 0 Å². The predicted octanol–water partition coefficient (Wildman–Crippen LogP) is -0.0471. The first kappa shape index (κ1) is 10.2. The molecule has 0 spiro atoms. The Morgan fingerprint density at radius 1 is 1.53 bits per heavy atom. The van der Waals surface area contributed by atoms with Crippen LogP contribution in [0.3, 0.4) is 0 Å². The van der Waals surface area contributed by atoms with Crippen LogP contribution in [-0.4, -0.2) is 21.4 Å². The van der Waals surface area contributed by atoms with Gasteiger partial charge in [0.25, 0.3) is 0 Å². The second-order valence-electron chi connectivity index (χ2n) is 4.11. The molecule has 0 bridgehead atoms. The van der Waals surface area contributed by atoms with E-state index in [0.29, 0.717) is 0 Å². The second-order valence-corrected chi connectivity index (χ2v) is 4.11. The van der Waals surface area contributed by atoms with Gasteiger partial charge in [0.15, 0.2) is 5.82 Å². The van der Waals surface area contributed by atoms with Crippen LogP contribution in [0.4, 0.5) is 5.95 Å². The number of nitrogens with one attached hydrogen (secondary N) is 1. The van der Waals surface area contributed by atoms with Gasteiger partial charge in [0.1, 0.15) is 0 Å².